The van der Waals surface area contributed by atoms with Crippen molar-refractivity contribution in [1.82, 2.24) is 0 Å². The van der Waals surface area contributed by atoms with Crippen LogP contribution in [0.3, 0.4) is 0 Å². The van der Waals surface area contributed by atoms with Gasteiger partial charge in [-0.1, -0.05) is 17.7 Å². The molecule has 0 N–H and O–H groups in total. The lowest BCUT2D eigenvalue weighted by Crippen LogP contribution is -2.21. The van der Waals surface area contributed by atoms with Gasteiger partial charge in [0.25, 0.3) is 0 Å². The molecule has 0 atom stereocenters. The number of rotatable bonds is 1. The Morgan fingerprint density at radius 2 is 1.81 bits per heavy atom. The fourth-order valence-corrected chi connectivity index (χ4v) is 2.53. The Morgan fingerprint density at radius 3 is 2.38 bits per heavy atom. The maximum Gasteiger partial charge on any atom is 0.140 e. The fourth-order valence-electron chi connectivity index (χ4n) is 2.30. The fraction of sp³-hybridized carbons (Fsp3) is 0.385. The summed E-state index contributed by atoms with van der Waals surface area (Å²) in [5.41, 5.74) is 2.13. The van der Waals surface area contributed by atoms with Crippen molar-refractivity contribution in [2.45, 2.75) is 32.1 Å². The van der Waals surface area contributed by atoms with E-state index in [1.54, 1.807) is 0 Å². The summed E-state index contributed by atoms with van der Waals surface area (Å²) in [4.78, 5) is 22.8. The van der Waals surface area contributed by atoms with E-state index >= 15 is 0 Å². The number of carbonyl (C=O) groups is 2. The molecule has 0 amide bonds. The van der Waals surface area contributed by atoms with Crippen LogP contribution in [0.25, 0.3) is 0 Å². The van der Waals surface area contributed by atoms with E-state index < -0.39 is 0 Å². The zero-order valence-corrected chi connectivity index (χ0v) is 9.88. The predicted molar refractivity (Wildman–Crippen MR) is 62.8 cm³/mol. The Morgan fingerprint density at radius 1 is 1.19 bits per heavy atom. The molecule has 0 heterocycles. The summed E-state index contributed by atoms with van der Waals surface area (Å²) in [6, 6.07) is 5.61. The van der Waals surface area contributed by atoms with Gasteiger partial charge in [0.15, 0.2) is 0 Å². The zero-order chi connectivity index (χ0) is 11.7. The second-order valence-corrected chi connectivity index (χ2v) is 4.80. The van der Waals surface area contributed by atoms with Gasteiger partial charge in [-0.25, -0.2) is 0 Å². The molecule has 3 heteroatoms. The van der Waals surface area contributed by atoms with Gasteiger partial charge in [-0.2, -0.15) is 0 Å². The highest BCUT2D eigenvalue weighted by Crippen LogP contribution is 2.32. The summed E-state index contributed by atoms with van der Waals surface area (Å²) >= 11 is 5.88. The van der Waals surface area contributed by atoms with Crippen LogP contribution in [0.5, 0.6) is 0 Å². The molecule has 2 nitrogen and oxygen atoms in total. The van der Waals surface area contributed by atoms with Gasteiger partial charge >= 0.3 is 0 Å². The summed E-state index contributed by atoms with van der Waals surface area (Å²) in [7, 11) is 0. The average Bonchev–Trinajstić information content (AvgIpc) is 2.15. The van der Waals surface area contributed by atoms with E-state index in [1.165, 1.54) is 0 Å². The summed E-state index contributed by atoms with van der Waals surface area (Å²) in [6.07, 6.45) is 1.07. The highest BCUT2D eigenvalue weighted by atomic mass is 35.5. The lowest BCUT2D eigenvalue weighted by atomic mass is 9.81. The van der Waals surface area contributed by atoms with Crippen LogP contribution in [-0.2, 0) is 9.59 Å². The highest BCUT2D eigenvalue weighted by molar-refractivity contribution is 6.30. The molecule has 0 unspecified atom stereocenters. The number of ketones is 2. The van der Waals surface area contributed by atoms with Crippen LogP contribution < -0.4 is 0 Å². The third-order valence-electron chi connectivity index (χ3n) is 3.01. The molecule has 2 rings (SSSR count). The molecule has 1 aromatic carbocycles. The van der Waals surface area contributed by atoms with Crippen LogP contribution in [0, 0.1) is 6.92 Å². The minimum atomic E-state index is 0.0472. The van der Waals surface area contributed by atoms with Gasteiger partial charge in [-0.3, -0.25) is 9.59 Å². The number of halogens is 1. The van der Waals surface area contributed by atoms with E-state index in [-0.39, 0.29) is 23.9 Å². The molecular weight excluding hydrogens is 224 g/mol. The SMILES string of the molecule is Cc1cc(Cl)ccc1C1CC(=O)CC(=O)C1. The van der Waals surface area contributed by atoms with Crippen molar-refractivity contribution in [2.75, 3.05) is 0 Å². The Hall–Kier alpha value is -1.15. The first-order valence-electron chi connectivity index (χ1n) is 5.35. The van der Waals surface area contributed by atoms with E-state index in [1.807, 2.05) is 25.1 Å². The van der Waals surface area contributed by atoms with E-state index in [0.29, 0.717) is 17.9 Å². The molecule has 0 radical (unpaired) electrons. The molecule has 1 aliphatic rings. The Bertz CT molecular complexity index is 435. The maximum absolute atomic E-state index is 11.4. The number of carbonyl (C=O) groups excluding carboxylic acids is 2. The minimum Gasteiger partial charge on any atom is -0.299 e. The van der Waals surface area contributed by atoms with E-state index in [2.05, 4.69) is 0 Å². The summed E-state index contributed by atoms with van der Waals surface area (Å²) in [6.45, 7) is 1.96. The topological polar surface area (TPSA) is 34.1 Å². The van der Waals surface area contributed by atoms with E-state index in [0.717, 1.165) is 11.1 Å². The summed E-state index contributed by atoms with van der Waals surface area (Å²) in [5.74, 6) is 0.150. The van der Waals surface area contributed by atoms with Crippen LogP contribution in [0.2, 0.25) is 5.02 Å². The first kappa shape index (κ1) is 11.3. The lowest BCUT2D eigenvalue weighted by molar-refractivity contribution is -0.130. The van der Waals surface area contributed by atoms with Gasteiger partial charge in [0, 0.05) is 17.9 Å². The zero-order valence-electron chi connectivity index (χ0n) is 9.13. The predicted octanol–water partition coefficient (Wildman–Crippen LogP) is 3.05. The van der Waals surface area contributed by atoms with Crippen molar-refractivity contribution in [1.29, 1.82) is 0 Å². The number of hydrogen-bond donors (Lipinski definition) is 0. The first-order valence-corrected chi connectivity index (χ1v) is 5.73. The number of Topliss-reactive ketones (excluding diaryl/α,β-unsaturated/α-hetero) is 2. The summed E-state index contributed by atoms with van der Waals surface area (Å²) in [5, 5.41) is 0.690. The summed E-state index contributed by atoms with van der Waals surface area (Å²) < 4.78 is 0. The minimum absolute atomic E-state index is 0.0472. The van der Waals surface area contributed by atoms with Gasteiger partial charge in [0.05, 0.1) is 6.42 Å². The third kappa shape index (κ3) is 2.33. The van der Waals surface area contributed by atoms with Crippen molar-refractivity contribution in [3.8, 4) is 0 Å². The molecule has 16 heavy (non-hydrogen) atoms. The number of aryl methyl sites for hydroxylation is 1. The van der Waals surface area contributed by atoms with Crippen LogP contribution in [-0.4, -0.2) is 11.6 Å². The Kier molecular flexibility index (Phi) is 3.10. The molecule has 0 aliphatic heterocycles. The van der Waals surface area contributed by atoms with Crippen molar-refractivity contribution < 1.29 is 9.59 Å². The molecule has 84 valence electrons. The monoisotopic (exact) mass is 236 g/mol. The average molecular weight is 237 g/mol. The highest BCUT2D eigenvalue weighted by Gasteiger charge is 2.27. The number of benzene rings is 1. The van der Waals surface area contributed by atoms with Crippen LogP contribution in [0.15, 0.2) is 18.2 Å². The lowest BCUT2D eigenvalue weighted by Gasteiger charge is -2.22. The van der Waals surface area contributed by atoms with E-state index in [9.17, 15) is 9.59 Å². The molecule has 0 aromatic heterocycles. The van der Waals surface area contributed by atoms with Gasteiger partial charge in [-0.15, -0.1) is 0 Å². The second-order valence-electron chi connectivity index (χ2n) is 4.36. The van der Waals surface area contributed by atoms with Crippen LogP contribution in [0.1, 0.15) is 36.3 Å². The third-order valence-corrected chi connectivity index (χ3v) is 3.25. The Balaban J connectivity index is 2.29. The largest absolute Gasteiger partial charge is 0.299 e. The molecule has 0 bridgehead atoms. The quantitative estimate of drug-likeness (QED) is 0.703. The molecular formula is C13H13ClO2. The molecule has 1 saturated carbocycles. The van der Waals surface area contributed by atoms with Crippen molar-refractivity contribution in [3.05, 3.63) is 34.3 Å². The van der Waals surface area contributed by atoms with Gasteiger partial charge in [-0.05, 0) is 36.1 Å². The smallest absolute Gasteiger partial charge is 0.140 e. The van der Waals surface area contributed by atoms with Gasteiger partial charge < -0.3 is 0 Å². The van der Waals surface area contributed by atoms with Gasteiger partial charge in [0.2, 0.25) is 0 Å². The molecule has 1 fully saturated rings. The van der Waals surface area contributed by atoms with Gasteiger partial charge in [0.1, 0.15) is 11.6 Å². The molecule has 0 spiro atoms. The Labute approximate surface area is 99.6 Å². The molecule has 0 saturated heterocycles. The second kappa shape index (κ2) is 4.38. The molecule has 1 aliphatic carbocycles. The van der Waals surface area contributed by atoms with Crippen LogP contribution >= 0.6 is 11.6 Å². The molecule has 1 aromatic rings. The van der Waals surface area contributed by atoms with Crippen molar-refractivity contribution in [3.63, 3.8) is 0 Å². The first-order chi connectivity index (χ1) is 7.56. The van der Waals surface area contributed by atoms with Crippen molar-refractivity contribution in [2.24, 2.45) is 0 Å². The normalized spacial score (nSPS) is 17.9. The number of hydrogen-bond acceptors (Lipinski definition) is 2. The maximum atomic E-state index is 11.4. The van der Waals surface area contributed by atoms with Crippen LogP contribution in [0.4, 0.5) is 0 Å². The van der Waals surface area contributed by atoms with E-state index in [4.69, 9.17) is 11.6 Å². The van der Waals surface area contributed by atoms with Crippen molar-refractivity contribution >= 4 is 23.2 Å². The standard InChI is InChI=1S/C13H13ClO2/c1-8-4-10(14)2-3-13(8)9-5-11(15)7-12(16)6-9/h2-4,9H,5-7H2,1H3.